The number of hydrogen-bond acceptors (Lipinski definition) is 2. The molecule has 0 saturated heterocycles. The van der Waals surface area contributed by atoms with Gasteiger partial charge in [0.15, 0.2) is 0 Å². The van der Waals surface area contributed by atoms with E-state index < -0.39 is 0 Å². The van der Waals surface area contributed by atoms with Crippen molar-refractivity contribution in [2.75, 3.05) is 13.6 Å². The van der Waals surface area contributed by atoms with Gasteiger partial charge in [0.1, 0.15) is 0 Å². The Labute approximate surface area is 115 Å². The minimum atomic E-state index is 0.174. The fraction of sp³-hybridized carbons (Fsp3) is 0.688. The molecule has 1 aliphatic heterocycles. The van der Waals surface area contributed by atoms with E-state index in [0.717, 1.165) is 31.3 Å². The molecule has 2 heterocycles. The molecule has 0 aromatic carbocycles. The fourth-order valence-corrected chi connectivity index (χ4v) is 4.19. The second-order valence-electron chi connectivity index (χ2n) is 6.35. The lowest BCUT2D eigenvalue weighted by molar-refractivity contribution is 0.153. The van der Waals surface area contributed by atoms with E-state index in [2.05, 4.69) is 31.9 Å². The van der Waals surface area contributed by atoms with Gasteiger partial charge in [0.05, 0.1) is 0 Å². The molecule has 3 unspecified atom stereocenters. The van der Waals surface area contributed by atoms with Gasteiger partial charge in [-0.1, -0.05) is 19.9 Å². The molecule has 19 heavy (non-hydrogen) atoms. The average molecular weight is 260 g/mol. The van der Waals surface area contributed by atoms with Gasteiger partial charge in [-0.2, -0.15) is 0 Å². The first-order chi connectivity index (χ1) is 9.11. The molecule has 1 aromatic heterocycles. The van der Waals surface area contributed by atoms with Crippen LogP contribution in [0.15, 0.2) is 23.0 Å². The van der Waals surface area contributed by atoms with Crippen molar-refractivity contribution in [3.05, 3.63) is 34.2 Å². The van der Waals surface area contributed by atoms with Crippen LogP contribution in [0.1, 0.15) is 26.0 Å². The number of fused-ring (bicyclic) bond motifs is 2. The highest BCUT2D eigenvalue weighted by Crippen LogP contribution is 2.44. The Morgan fingerprint density at radius 1 is 1.37 bits per heavy atom. The summed E-state index contributed by atoms with van der Waals surface area (Å²) in [6.45, 7) is 6.62. The number of rotatable bonds is 2. The lowest BCUT2D eigenvalue weighted by Crippen LogP contribution is -2.43. The molecule has 1 fully saturated rings. The highest BCUT2D eigenvalue weighted by atomic mass is 16.1. The summed E-state index contributed by atoms with van der Waals surface area (Å²) in [5, 5.41) is 0. The van der Waals surface area contributed by atoms with Crippen LogP contribution < -0.4 is 5.56 Å². The Balaban J connectivity index is 1.95. The van der Waals surface area contributed by atoms with Crippen LogP contribution in [0.25, 0.3) is 0 Å². The molecule has 0 spiro atoms. The second kappa shape index (κ2) is 4.78. The Morgan fingerprint density at radius 2 is 2.16 bits per heavy atom. The van der Waals surface area contributed by atoms with Crippen molar-refractivity contribution >= 4 is 0 Å². The molecular formula is C16H24N2O. The van der Waals surface area contributed by atoms with E-state index in [4.69, 9.17) is 0 Å². The molecule has 1 aliphatic carbocycles. The molecule has 3 heteroatoms. The summed E-state index contributed by atoms with van der Waals surface area (Å²) in [5.74, 6) is 2.17. The van der Waals surface area contributed by atoms with Crippen LogP contribution in [0, 0.1) is 17.8 Å². The number of nitrogens with zero attached hydrogens (tertiary/aromatic N) is 2. The van der Waals surface area contributed by atoms with Crippen LogP contribution in [-0.2, 0) is 13.0 Å². The molecule has 104 valence electrons. The minimum Gasteiger partial charge on any atom is -0.312 e. The first-order valence-electron chi connectivity index (χ1n) is 7.50. The van der Waals surface area contributed by atoms with E-state index in [-0.39, 0.29) is 5.56 Å². The van der Waals surface area contributed by atoms with Gasteiger partial charge in [0, 0.05) is 24.3 Å². The van der Waals surface area contributed by atoms with E-state index in [1.807, 2.05) is 10.6 Å². The van der Waals surface area contributed by atoms with Gasteiger partial charge < -0.3 is 9.47 Å². The largest absolute Gasteiger partial charge is 0.312 e. The molecule has 3 rings (SSSR count). The van der Waals surface area contributed by atoms with E-state index >= 15 is 0 Å². The highest BCUT2D eigenvalue weighted by Gasteiger charge is 2.44. The molecular weight excluding hydrogens is 236 g/mol. The molecule has 2 aliphatic rings. The predicted octanol–water partition coefficient (Wildman–Crippen LogP) is 2.00. The molecule has 0 N–H and O–H groups in total. The quantitative estimate of drug-likeness (QED) is 0.812. The molecule has 0 bridgehead atoms. The van der Waals surface area contributed by atoms with E-state index in [1.54, 1.807) is 6.07 Å². The van der Waals surface area contributed by atoms with Gasteiger partial charge in [-0.3, -0.25) is 4.79 Å². The van der Waals surface area contributed by atoms with Crippen LogP contribution >= 0.6 is 0 Å². The third kappa shape index (κ3) is 2.04. The number of hydrogen-bond donors (Lipinski definition) is 0. The maximum Gasteiger partial charge on any atom is 0.250 e. The van der Waals surface area contributed by atoms with Gasteiger partial charge in [-0.25, -0.2) is 0 Å². The first kappa shape index (κ1) is 12.9. The summed E-state index contributed by atoms with van der Waals surface area (Å²) in [6.07, 6.45) is 2.36. The molecule has 1 saturated carbocycles. The van der Waals surface area contributed by atoms with Crippen molar-refractivity contribution in [2.45, 2.75) is 39.3 Å². The van der Waals surface area contributed by atoms with Crippen molar-refractivity contribution in [3.63, 3.8) is 0 Å². The van der Waals surface area contributed by atoms with Crippen molar-refractivity contribution in [1.29, 1.82) is 0 Å². The van der Waals surface area contributed by atoms with Crippen LogP contribution in [0.3, 0.4) is 0 Å². The summed E-state index contributed by atoms with van der Waals surface area (Å²) in [6, 6.07) is 6.37. The van der Waals surface area contributed by atoms with Gasteiger partial charge in [0.25, 0.3) is 5.56 Å². The molecule has 0 radical (unpaired) electrons. The zero-order valence-corrected chi connectivity index (χ0v) is 12.2. The Hall–Kier alpha value is -1.09. The van der Waals surface area contributed by atoms with Crippen LogP contribution in [0.5, 0.6) is 0 Å². The summed E-state index contributed by atoms with van der Waals surface area (Å²) >= 11 is 0. The maximum atomic E-state index is 12.0. The highest BCUT2D eigenvalue weighted by molar-refractivity contribution is 5.13. The molecule has 1 aromatic rings. The lowest BCUT2D eigenvalue weighted by Gasteiger charge is -2.36. The third-order valence-electron chi connectivity index (χ3n) is 5.43. The Morgan fingerprint density at radius 3 is 2.89 bits per heavy atom. The zero-order valence-electron chi connectivity index (χ0n) is 12.2. The van der Waals surface area contributed by atoms with Crippen LogP contribution in [0.2, 0.25) is 0 Å². The summed E-state index contributed by atoms with van der Waals surface area (Å²) in [5.41, 5.74) is 1.41. The Kier molecular flexibility index (Phi) is 3.25. The van der Waals surface area contributed by atoms with Crippen molar-refractivity contribution in [2.24, 2.45) is 17.8 Å². The van der Waals surface area contributed by atoms with Gasteiger partial charge in [0.2, 0.25) is 0 Å². The SMILES string of the molecule is CCN(C)C1CC(C)C2Cc3cccc(=O)n3C[C@@H]21. The lowest BCUT2D eigenvalue weighted by atomic mass is 9.82. The molecule has 3 nitrogen and oxygen atoms in total. The fourth-order valence-electron chi connectivity index (χ4n) is 4.19. The monoisotopic (exact) mass is 260 g/mol. The Bertz CT molecular complexity index is 522. The first-order valence-corrected chi connectivity index (χ1v) is 7.50. The van der Waals surface area contributed by atoms with Crippen molar-refractivity contribution < 1.29 is 0 Å². The van der Waals surface area contributed by atoms with Gasteiger partial charge in [-0.15, -0.1) is 0 Å². The van der Waals surface area contributed by atoms with E-state index in [1.165, 1.54) is 12.1 Å². The zero-order chi connectivity index (χ0) is 13.6. The maximum absolute atomic E-state index is 12.0. The van der Waals surface area contributed by atoms with Crippen molar-refractivity contribution in [3.8, 4) is 0 Å². The van der Waals surface area contributed by atoms with Gasteiger partial charge in [-0.05, 0) is 50.3 Å². The number of aromatic nitrogens is 1. The van der Waals surface area contributed by atoms with Crippen molar-refractivity contribution in [1.82, 2.24) is 9.47 Å². The topological polar surface area (TPSA) is 25.2 Å². The number of pyridine rings is 1. The van der Waals surface area contributed by atoms with Gasteiger partial charge >= 0.3 is 0 Å². The second-order valence-corrected chi connectivity index (χ2v) is 6.35. The van der Waals surface area contributed by atoms with E-state index in [0.29, 0.717) is 12.0 Å². The normalized spacial score (nSPS) is 33.3. The summed E-state index contributed by atoms with van der Waals surface area (Å²) < 4.78 is 2.01. The minimum absolute atomic E-state index is 0.174. The standard InChI is InChI=1S/C16H24N2O/c1-4-17(3)15-8-11(2)13-9-12-6-5-7-16(19)18(12)10-14(13)15/h5-7,11,13-15H,4,8-10H2,1-3H3/t11?,13?,14-,15?/m0/s1. The van der Waals surface area contributed by atoms with Crippen LogP contribution in [0.4, 0.5) is 0 Å². The molecule has 0 amide bonds. The van der Waals surface area contributed by atoms with E-state index in [9.17, 15) is 4.79 Å². The smallest absolute Gasteiger partial charge is 0.250 e. The molecule has 4 atom stereocenters. The third-order valence-corrected chi connectivity index (χ3v) is 5.43. The summed E-state index contributed by atoms with van der Waals surface area (Å²) in [4.78, 5) is 14.5. The van der Waals surface area contributed by atoms with Crippen LogP contribution in [-0.4, -0.2) is 29.1 Å². The summed E-state index contributed by atoms with van der Waals surface area (Å²) in [7, 11) is 2.23. The predicted molar refractivity (Wildman–Crippen MR) is 77.3 cm³/mol. The average Bonchev–Trinajstić information content (AvgIpc) is 2.74.